The Morgan fingerprint density at radius 2 is 2.09 bits per heavy atom. The molecule has 0 saturated heterocycles. The normalized spacial score (nSPS) is 11.5. The summed E-state index contributed by atoms with van der Waals surface area (Å²) in [6.45, 7) is 6.33. The molecule has 0 saturated carbocycles. The second-order valence-electron chi connectivity index (χ2n) is 3.64. The second kappa shape index (κ2) is 2.49. The summed E-state index contributed by atoms with van der Waals surface area (Å²) < 4.78 is 0. The molecule has 0 aliphatic heterocycles. The molecule has 0 spiro atoms. The molecule has 3 heteroatoms. The van der Waals surface area contributed by atoms with Crippen LogP contribution in [0.1, 0.15) is 26.5 Å². The third-order valence-electron chi connectivity index (χ3n) is 1.49. The fourth-order valence-corrected chi connectivity index (χ4v) is 0.775. The van der Waals surface area contributed by atoms with Gasteiger partial charge in [0.15, 0.2) is 0 Å². The molecule has 0 fully saturated rings. The maximum atomic E-state index is 5.45. The van der Waals surface area contributed by atoms with Crippen LogP contribution < -0.4 is 10.7 Å². The molecule has 1 aromatic rings. The van der Waals surface area contributed by atoms with Gasteiger partial charge in [-0.1, -0.05) is 20.8 Å². The van der Waals surface area contributed by atoms with Crippen molar-refractivity contribution in [3.63, 3.8) is 0 Å². The quantitative estimate of drug-likeness (QED) is 0.597. The zero-order chi connectivity index (χ0) is 8.48. The number of nitrogens with zero attached hydrogens (tertiary/aromatic N) is 1. The van der Waals surface area contributed by atoms with Crippen LogP contribution in [-0.2, 0) is 5.41 Å². The van der Waals surface area contributed by atoms with E-state index in [0.29, 0.717) is 5.82 Å². The van der Waals surface area contributed by atoms with Crippen molar-refractivity contribution in [3.8, 4) is 0 Å². The van der Waals surface area contributed by atoms with E-state index < -0.39 is 0 Å². The molecule has 60 valence electrons. The molecule has 0 atom stereocenters. The van der Waals surface area contributed by atoms with E-state index in [1.54, 1.807) is 6.20 Å². The Morgan fingerprint density at radius 1 is 1.45 bits per heavy atom. The van der Waals surface area contributed by atoms with Crippen molar-refractivity contribution >= 4 is 5.82 Å². The van der Waals surface area contributed by atoms with E-state index >= 15 is 0 Å². The molecule has 0 aliphatic rings. The average molecular weight is 152 g/mol. The van der Waals surface area contributed by atoms with Crippen LogP contribution in [0.15, 0.2) is 12.4 Å². The number of rotatable bonds is 0. The molecule has 0 aliphatic carbocycles. The number of aromatic nitrogens is 2. The number of nitrogens with one attached hydrogen (secondary N) is 1. The van der Waals surface area contributed by atoms with Crippen LogP contribution in [0.25, 0.3) is 0 Å². The number of H-pyrrole nitrogens is 1. The number of anilines is 1. The first-order valence-corrected chi connectivity index (χ1v) is 3.64. The molecule has 0 amide bonds. The molecule has 0 aromatic carbocycles. The lowest BCUT2D eigenvalue weighted by Crippen LogP contribution is -2.19. The summed E-state index contributed by atoms with van der Waals surface area (Å²) in [6.07, 6.45) is 3.48. The highest BCUT2D eigenvalue weighted by Gasteiger charge is 2.16. The highest BCUT2D eigenvalue weighted by molar-refractivity contribution is 5.16. The Kier molecular flexibility index (Phi) is 1.81. The monoisotopic (exact) mass is 152 g/mol. The van der Waals surface area contributed by atoms with Crippen molar-refractivity contribution in [1.82, 2.24) is 4.98 Å². The van der Waals surface area contributed by atoms with Gasteiger partial charge in [-0.25, -0.2) is 9.97 Å². The van der Waals surface area contributed by atoms with Gasteiger partial charge in [-0.15, -0.1) is 0 Å². The number of aromatic amines is 1. The van der Waals surface area contributed by atoms with Crippen molar-refractivity contribution in [2.45, 2.75) is 26.2 Å². The molecule has 1 heterocycles. The third kappa shape index (κ3) is 1.90. The summed E-state index contributed by atoms with van der Waals surface area (Å²) in [5.41, 5.74) is 6.56. The molecule has 0 radical (unpaired) electrons. The fraction of sp³-hybridized carbons (Fsp3) is 0.500. The van der Waals surface area contributed by atoms with Crippen LogP contribution in [0, 0.1) is 0 Å². The summed E-state index contributed by atoms with van der Waals surface area (Å²) in [7, 11) is 0. The molecule has 11 heavy (non-hydrogen) atoms. The van der Waals surface area contributed by atoms with Crippen molar-refractivity contribution in [2.75, 3.05) is 5.73 Å². The summed E-state index contributed by atoms with van der Waals surface area (Å²) in [5.74, 6) is 0.595. The third-order valence-corrected chi connectivity index (χ3v) is 1.49. The van der Waals surface area contributed by atoms with Gasteiger partial charge in [-0.2, -0.15) is 0 Å². The summed E-state index contributed by atoms with van der Waals surface area (Å²) in [6, 6.07) is 0. The summed E-state index contributed by atoms with van der Waals surface area (Å²) in [5, 5.41) is 0. The highest BCUT2D eigenvalue weighted by atomic mass is 14.9. The summed E-state index contributed by atoms with van der Waals surface area (Å²) >= 11 is 0. The minimum Gasteiger partial charge on any atom is -0.286 e. The molecule has 0 unspecified atom stereocenters. The van der Waals surface area contributed by atoms with Crippen molar-refractivity contribution in [3.05, 3.63) is 18.1 Å². The Balaban J connectivity index is 2.99. The van der Waals surface area contributed by atoms with E-state index in [2.05, 4.69) is 30.7 Å². The zero-order valence-corrected chi connectivity index (χ0v) is 7.18. The number of nitrogens with two attached hydrogens (primary N) is 1. The van der Waals surface area contributed by atoms with Gasteiger partial charge in [0.1, 0.15) is 12.4 Å². The fourth-order valence-electron chi connectivity index (χ4n) is 0.775. The standard InChI is InChI=1S/C8H13N3/c1-8(2,3)6-4-11-7(9)5-10-6/h4-5H,1-3H3,(H2,9,11)/p+1. The van der Waals surface area contributed by atoms with Crippen molar-refractivity contribution in [1.29, 1.82) is 0 Å². The van der Waals surface area contributed by atoms with Crippen LogP contribution in [0.2, 0.25) is 0 Å². The summed E-state index contributed by atoms with van der Waals surface area (Å²) in [4.78, 5) is 7.11. The molecule has 0 bridgehead atoms. The lowest BCUT2D eigenvalue weighted by Gasteiger charge is -2.15. The largest absolute Gasteiger partial charge is 0.288 e. The average Bonchev–Trinajstić information content (AvgIpc) is 1.86. The van der Waals surface area contributed by atoms with E-state index in [9.17, 15) is 0 Å². The second-order valence-corrected chi connectivity index (χ2v) is 3.64. The smallest absolute Gasteiger partial charge is 0.286 e. The van der Waals surface area contributed by atoms with Gasteiger partial charge in [0.25, 0.3) is 5.82 Å². The van der Waals surface area contributed by atoms with Gasteiger partial charge in [-0.3, -0.25) is 5.73 Å². The molecule has 1 aromatic heterocycles. The Bertz CT molecular complexity index is 233. The SMILES string of the molecule is CC(C)(C)c1c[nH+]c(N)cn1. The first-order chi connectivity index (χ1) is 5.00. The van der Waals surface area contributed by atoms with E-state index in [4.69, 9.17) is 5.73 Å². The molecule has 3 nitrogen and oxygen atoms in total. The predicted octanol–water partition coefficient (Wildman–Crippen LogP) is 0.775. The van der Waals surface area contributed by atoms with Crippen LogP contribution in [0.3, 0.4) is 0 Å². The highest BCUT2D eigenvalue weighted by Crippen LogP contribution is 2.17. The van der Waals surface area contributed by atoms with Crippen LogP contribution in [0.4, 0.5) is 5.82 Å². The Hall–Kier alpha value is -1.12. The zero-order valence-electron chi connectivity index (χ0n) is 7.18. The topological polar surface area (TPSA) is 53.0 Å². The van der Waals surface area contributed by atoms with Gasteiger partial charge in [0, 0.05) is 5.41 Å². The minimum atomic E-state index is 0.0875. The maximum Gasteiger partial charge on any atom is 0.288 e. The lowest BCUT2D eigenvalue weighted by atomic mass is 9.93. The molecule has 3 N–H and O–H groups in total. The lowest BCUT2D eigenvalue weighted by molar-refractivity contribution is -0.362. The van der Waals surface area contributed by atoms with Gasteiger partial charge in [-0.05, 0) is 0 Å². The van der Waals surface area contributed by atoms with E-state index in [1.807, 2.05) is 6.20 Å². The Labute approximate surface area is 66.7 Å². The van der Waals surface area contributed by atoms with Crippen LogP contribution in [0.5, 0.6) is 0 Å². The van der Waals surface area contributed by atoms with Gasteiger partial charge >= 0.3 is 0 Å². The van der Waals surface area contributed by atoms with Crippen LogP contribution >= 0.6 is 0 Å². The molecule has 1 rings (SSSR count). The number of hydrogen-bond acceptors (Lipinski definition) is 2. The van der Waals surface area contributed by atoms with Gasteiger partial charge < -0.3 is 0 Å². The number of hydrogen-bond donors (Lipinski definition) is 1. The molecular weight excluding hydrogens is 138 g/mol. The van der Waals surface area contributed by atoms with Crippen molar-refractivity contribution in [2.24, 2.45) is 0 Å². The van der Waals surface area contributed by atoms with Crippen molar-refractivity contribution < 1.29 is 4.98 Å². The first kappa shape index (κ1) is 7.98. The minimum absolute atomic E-state index is 0.0875. The van der Waals surface area contributed by atoms with Gasteiger partial charge in [0.05, 0.1) is 5.69 Å². The maximum absolute atomic E-state index is 5.45. The Morgan fingerprint density at radius 3 is 2.45 bits per heavy atom. The molecular formula is C8H14N3+. The first-order valence-electron chi connectivity index (χ1n) is 3.64. The van der Waals surface area contributed by atoms with Crippen LogP contribution in [-0.4, -0.2) is 4.98 Å². The van der Waals surface area contributed by atoms with E-state index in [-0.39, 0.29) is 5.41 Å². The van der Waals surface area contributed by atoms with E-state index in [1.165, 1.54) is 0 Å². The van der Waals surface area contributed by atoms with E-state index in [0.717, 1.165) is 5.69 Å². The van der Waals surface area contributed by atoms with Gasteiger partial charge in [0.2, 0.25) is 0 Å². The number of nitrogen functional groups attached to an aromatic ring is 1. The predicted molar refractivity (Wildman–Crippen MR) is 43.9 cm³/mol.